The monoisotopic (exact) mass is 192 g/mol. The van der Waals surface area contributed by atoms with Crippen molar-refractivity contribution in [3.63, 3.8) is 0 Å². The minimum absolute atomic E-state index is 0.210. The van der Waals surface area contributed by atoms with Gasteiger partial charge in [0, 0.05) is 11.5 Å². The summed E-state index contributed by atoms with van der Waals surface area (Å²) in [7, 11) is 0. The second kappa shape index (κ2) is 3.30. The molecule has 0 bridgehead atoms. The zero-order valence-electron chi connectivity index (χ0n) is 8.90. The van der Waals surface area contributed by atoms with E-state index in [9.17, 15) is 4.79 Å². The Kier molecular flexibility index (Phi) is 1.49. The Balaban J connectivity index is 2.30. The highest BCUT2D eigenvalue weighted by atomic mass is 16.7. The van der Waals surface area contributed by atoms with Crippen LogP contribution in [0.4, 0.5) is 0 Å². The van der Waals surface area contributed by atoms with E-state index in [1.807, 2.05) is 5.92 Å². The maximum absolute atomic E-state index is 10.2. The van der Waals surface area contributed by atoms with Crippen molar-refractivity contribution >= 4 is 5.97 Å². The third-order valence-corrected chi connectivity index (χ3v) is 1.56. The number of rotatable bonds is 0. The fourth-order valence-electron chi connectivity index (χ4n) is 0.986. The van der Waals surface area contributed by atoms with Gasteiger partial charge in [-0.1, -0.05) is 5.92 Å². The number of carboxylic acids is 1. The highest BCUT2D eigenvalue weighted by Gasteiger charge is 2.12. The first-order valence-electron chi connectivity index (χ1n) is 4.73. The Morgan fingerprint density at radius 2 is 2.29 bits per heavy atom. The van der Waals surface area contributed by atoms with Crippen molar-refractivity contribution in [3.05, 3.63) is 23.8 Å². The van der Waals surface area contributed by atoms with E-state index in [2.05, 4.69) is 5.92 Å². The molecule has 4 heteroatoms. The molecule has 70 valence electrons. The fraction of sp³-hybridized carbons (Fsp3) is 0.100. The molecule has 1 heterocycles. The SMILES string of the molecule is [2H]C1([2H])Oc2ccc(C#CC(=O)O)cc2O1. The predicted octanol–water partition coefficient (Wildman–Crippen LogP) is 0.851. The number of benzene rings is 1. The first kappa shape index (κ1) is 6.33. The van der Waals surface area contributed by atoms with Gasteiger partial charge in [-0.25, -0.2) is 4.79 Å². The number of aliphatic carboxylic acids is 1. The average Bonchev–Trinajstić information content (AvgIpc) is 2.47. The maximum atomic E-state index is 10.2. The Morgan fingerprint density at radius 1 is 1.50 bits per heavy atom. The van der Waals surface area contributed by atoms with Gasteiger partial charge in [-0.2, -0.15) is 0 Å². The lowest BCUT2D eigenvalue weighted by Crippen LogP contribution is -1.92. The summed E-state index contributed by atoms with van der Waals surface area (Å²) < 4.78 is 24.1. The molecular weight excluding hydrogens is 184 g/mol. The molecule has 0 radical (unpaired) electrons. The Bertz CT molecular complexity index is 513. The van der Waals surface area contributed by atoms with Crippen molar-refractivity contribution in [3.8, 4) is 23.3 Å². The lowest BCUT2D eigenvalue weighted by atomic mass is 10.2. The molecule has 1 N–H and O–H groups in total. The minimum Gasteiger partial charge on any atom is -0.472 e. The van der Waals surface area contributed by atoms with E-state index in [1.54, 1.807) is 0 Å². The second-order valence-corrected chi connectivity index (χ2v) is 2.50. The van der Waals surface area contributed by atoms with E-state index >= 15 is 0 Å². The van der Waals surface area contributed by atoms with Crippen LogP contribution in [0.2, 0.25) is 0 Å². The van der Waals surface area contributed by atoms with Gasteiger partial charge in [0.2, 0.25) is 6.75 Å². The van der Waals surface area contributed by atoms with Gasteiger partial charge >= 0.3 is 5.97 Å². The third kappa shape index (κ3) is 1.62. The van der Waals surface area contributed by atoms with E-state index in [0.29, 0.717) is 5.56 Å². The quantitative estimate of drug-likeness (QED) is 0.619. The maximum Gasteiger partial charge on any atom is 0.382 e. The van der Waals surface area contributed by atoms with Crippen molar-refractivity contribution in [2.24, 2.45) is 0 Å². The molecule has 0 unspecified atom stereocenters. The fourth-order valence-corrected chi connectivity index (χ4v) is 0.986. The lowest BCUT2D eigenvalue weighted by Gasteiger charge is -1.94. The van der Waals surface area contributed by atoms with E-state index in [1.165, 1.54) is 18.2 Å². The Morgan fingerprint density at radius 3 is 3.07 bits per heavy atom. The molecule has 4 nitrogen and oxygen atoms in total. The van der Waals surface area contributed by atoms with Gasteiger partial charge in [-0.15, -0.1) is 0 Å². The summed E-state index contributed by atoms with van der Waals surface area (Å²) in [5.41, 5.74) is 0.419. The van der Waals surface area contributed by atoms with Crippen LogP contribution >= 0.6 is 0 Å². The Hall–Kier alpha value is -2.15. The summed E-state index contributed by atoms with van der Waals surface area (Å²) in [6.07, 6.45) is 0. The largest absolute Gasteiger partial charge is 0.472 e. The second-order valence-electron chi connectivity index (χ2n) is 2.50. The molecule has 2 rings (SSSR count). The van der Waals surface area contributed by atoms with E-state index < -0.39 is 12.7 Å². The van der Waals surface area contributed by atoms with Crippen LogP contribution < -0.4 is 9.47 Å². The third-order valence-electron chi connectivity index (χ3n) is 1.56. The normalized spacial score (nSPS) is 17.4. The smallest absolute Gasteiger partial charge is 0.382 e. The van der Waals surface area contributed by atoms with Gasteiger partial charge in [-0.3, -0.25) is 0 Å². The summed E-state index contributed by atoms with van der Waals surface area (Å²) in [6.45, 7) is -2.18. The predicted molar refractivity (Wildman–Crippen MR) is 47.1 cm³/mol. The molecule has 1 aliphatic rings. The van der Waals surface area contributed by atoms with E-state index in [4.69, 9.17) is 17.3 Å². The summed E-state index contributed by atoms with van der Waals surface area (Å²) in [4.78, 5) is 10.2. The van der Waals surface area contributed by atoms with Crippen LogP contribution in [0.1, 0.15) is 8.30 Å². The number of hydrogen-bond acceptors (Lipinski definition) is 3. The van der Waals surface area contributed by atoms with Crippen molar-refractivity contribution in [2.45, 2.75) is 0 Å². The molecule has 0 atom stereocenters. The average molecular weight is 192 g/mol. The summed E-state index contributed by atoms with van der Waals surface area (Å²) in [6, 6.07) is 4.43. The number of hydrogen-bond donors (Lipinski definition) is 1. The van der Waals surface area contributed by atoms with Gasteiger partial charge in [0.05, 0.1) is 0 Å². The van der Waals surface area contributed by atoms with Crippen LogP contribution in [0.5, 0.6) is 11.5 Å². The molecule has 14 heavy (non-hydrogen) atoms. The first-order valence-corrected chi connectivity index (χ1v) is 3.73. The molecule has 1 aromatic rings. The van der Waals surface area contributed by atoms with Crippen molar-refractivity contribution in [2.75, 3.05) is 6.75 Å². The van der Waals surface area contributed by atoms with Crippen LogP contribution in [-0.2, 0) is 4.79 Å². The van der Waals surface area contributed by atoms with Crippen LogP contribution in [0, 0.1) is 11.8 Å². The van der Waals surface area contributed by atoms with Crippen LogP contribution in [0.25, 0.3) is 0 Å². The van der Waals surface area contributed by atoms with Crippen molar-refractivity contribution in [1.29, 1.82) is 0 Å². The van der Waals surface area contributed by atoms with Crippen LogP contribution in [-0.4, -0.2) is 17.8 Å². The van der Waals surface area contributed by atoms with Gasteiger partial charge < -0.3 is 14.6 Å². The van der Waals surface area contributed by atoms with E-state index in [0.717, 1.165) is 0 Å². The van der Waals surface area contributed by atoms with Crippen molar-refractivity contribution < 1.29 is 22.1 Å². The van der Waals surface area contributed by atoms with E-state index in [-0.39, 0.29) is 11.5 Å². The molecule has 0 spiro atoms. The molecule has 0 aromatic heterocycles. The van der Waals surface area contributed by atoms with Gasteiger partial charge in [0.25, 0.3) is 0 Å². The summed E-state index contributed by atoms with van der Waals surface area (Å²) in [5, 5.41) is 8.36. The standard InChI is InChI=1S/C10H6O4/c11-10(12)4-2-7-1-3-8-9(5-7)14-6-13-8/h1,3,5H,6H2,(H,11,12)/i6D2. The topological polar surface area (TPSA) is 55.8 Å². The van der Waals surface area contributed by atoms with Gasteiger partial charge in [-0.05, 0) is 18.2 Å². The number of carbonyl (C=O) groups is 1. The first-order chi connectivity index (χ1) is 7.46. The molecule has 0 saturated carbocycles. The Labute approximate surface area is 82.9 Å². The number of carboxylic acid groups (broad SMARTS) is 1. The molecule has 0 aliphatic carbocycles. The van der Waals surface area contributed by atoms with Crippen LogP contribution in [0.3, 0.4) is 0 Å². The zero-order valence-corrected chi connectivity index (χ0v) is 6.90. The van der Waals surface area contributed by atoms with Gasteiger partial charge in [0.15, 0.2) is 11.5 Å². The molecular formula is C10H6O4. The zero-order chi connectivity index (χ0) is 11.8. The lowest BCUT2D eigenvalue weighted by molar-refractivity contribution is -0.130. The molecule has 0 amide bonds. The molecule has 0 fully saturated rings. The molecule has 1 aliphatic heterocycles. The molecule has 1 aromatic carbocycles. The number of fused-ring (bicyclic) bond motifs is 1. The highest BCUT2D eigenvalue weighted by molar-refractivity contribution is 5.87. The van der Waals surface area contributed by atoms with Crippen LogP contribution in [0.15, 0.2) is 18.2 Å². The van der Waals surface area contributed by atoms with Crippen molar-refractivity contribution in [1.82, 2.24) is 0 Å². The molecule has 0 saturated heterocycles. The summed E-state index contributed by atoms with van der Waals surface area (Å²) in [5.74, 6) is 3.59. The minimum atomic E-state index is -2.18. The highest BCUT2D eigenvalue weighted by Crippen LogP contribution is 2.32. The van der Waals surface area contributed by atoms with Gasteiger partial charge in [0.1, 0.15) is 2.74 Å². The number of ether oxygens (including phenoxy) is 2. The summed E-state index contributed by atoms with van der Waals surface area (Å²) >= 11 is 0.